The number of hydrogen-bond acceptors (Lipinski definition) is 6. The highest BCUT2D eigenvalue weighted by molar-refractivity contribution is 7.91. The first kappa shape index (κ1) is 21.6. The van der Waals surface area contributed by atoms with Crippen molar-refractivity contribution in [1.82, 2.24) is 9.62 Å². The fourth-order valence-electron chi connectivity index (χ4n) is 3.50. The molecule has 29 heavy (non-hydrogen) atoms. The molecule has 9 heteroatoms. The average molecular weight is 439 g/mol. The third-order valence-electron chi connectivity index (χ3n) is 5.11. The van der Waals surface area contributed by atoms with Gasteiger partial charge in [0.15, 0.2) is 0 Å². The molecule has 0 aliphatic carbocycles. The second-order valence-electron chi connectivity index (χ2n) is 6.97. The Morgan fingerprint density at radius 1 is 1.28 bits per heavy atom. The van der Waals surface area contributed by atoms with Gasteiger partial charge in [-0.05, 0) is 49.4 Å². The van der Waals surface area contributed by atoms with Gasteiger partial charge < -0.3 is 14.8 Å². The lowest BCUT2D eigenvalue weighted by Crippen LogP contribution is -2.45. The van der Waals surface area contributed by atoms with Crippen LogP contribution in [0.5, 0.6) is 11.5 Å². The molecule has 158 valence electrons. The normalized spacial score (nSPS) is 18.8. The van der Waals surface area contributed by atoms with Gasteiger partial charge in [0.05, 0.1) is 26.2 Å². The number of nitrogens with one attached hydrogen (secondary N) is 1. The first-order chi connectivity index (χ1) is 13.9. The Kier molecular flexibility index (Phi) is 6.81. The summed E-state index contributed by atoms with van der Waals surface area (Å²) in [6, 6.07) is 8.43. The highest BCUT2D eigenvalue weighted by Crippen LogP contribution is 2.30. The minimum atomic E-state index is -3.55. The number of sulfonamides is 1. The molecule has 1 aliphatic rings. The summed E-state index contributed by atoms with van der Waals surface area (Å²) in [5.41, 5.74) is 0.805. The second kappa shape index (κ2) is 9.15. The van der Waals surface area contributed by atoms with Crippen LogP contribution in [0, 0.1) is 5.92 Å². The third-order valence-corrected chi connectivity index (χ3v) is 8.34. The zero-order valence-corrected chi connectivity index (χ0v) is 18.4. The molecule has 0 unspecified atom stereocenters. The molecule has 2 atom stereocenters. The number of benzene rings is 1. The molecule has 1 N–H and O–H groups in total. The van der Waals surface area contributed by atoms with Gasteiger partial charge in [0.2, 0.25) is 5.91 Å². The van der Waals surface area contributed by atoms with E-state index in [1.807, 2.05) is 13.0 Å². The van der Waals surface area contributed by atoms with Gasteiger partial charge in [-0.15, -0.1) is 11.3 Å². The Morgan fingerprint density at radius 3 is 2.72 bits per heavy atom. The van der Waals surface area contributed by atoms with Crippen molar-refractivity contribution in [3.8, 4) is 11.5 Å². The lowest BCUT2D eigenvalue weighted by molar-refractivity contribution is -0.126. The molecule has 1 amide bonds. The number of methoxy groups -OCH3 is 2. The molecule has 0 bridgehead atoms. The summed E-state index contributed by atoms with van der Waals surface area (Å²) in [6.07, 6.45) is 1.31. The molecule has 2 heterocycles. The lowest BCUT2D eigenvalue weighted by atomic mass is 9.97. The number of amides is 1. The van der Waals surface area contributed by atoms with E-state index in [2.05, 4.69) is 5.32 Å². The van der Waals surface area contributed by atoms with Gasteiger partial charge in [0.1, 0.15) is 15.7 Å². The van der Waals surface area contributed by atoms with Crippen LogP contribution in [0.4, 0.5) is 0 Å². The molecule has 1 saturated heterocycles. The third kappa shape index (κ3) is 4.73. The minimum absolute atomic E-state index is 0.159. The molecular weight excluding hydrogens is 412 g/mol. The Balaban J connectivity index is 1.71. The van der Waals surface area contributed by atoms with Crippen LogP contribution in [0.15, 0.2) is 39.9 Å². The number of piperidine rings is 1. The van der Waals surface area contributed by atoms with Gasteiger partial charge in [0, 0.05) is 18.7 Å². The molecule has 0 radical (unpaired) electrons. The van der Waals surface area contributed by atoms with E-state index in [9.17, 15) is 13.2 Å². The van der Waals surface area contributed by atoms with Gasteiger partial charge in [0.25, 0.3) is 10.0 Å². The minimum Gasteiger partial charge on any atom is -0.497 e. The fraction of sp³-hybridized carbons (Fsp3) is 0.450. The summed E-state index contributed by atoms with van der Waals surface area (Å²) in [4.78, 5) is 12.9. The number of nitrogens with zero attached hydrogens (tertiary/aromatic N) is 1. The molecule has 2 aromatic rings. The summed E-state index contributed by atoms with van der Waals surface area (Å²) in [7, 11) is -0.390. The van der Waals surface area contributed by atoms with Crippen molar-refractivity contribution in [3.63, 3.8) is 0 Å². The van der Waals surface area contributed by atoms with E-state index in [-0.39, 0.29) is 18.5 Å². The van der Waals surface area contributed by atoms with Crippen LogP contribution in [-0.4, -0.2) is 45.9 Å². The quantitative estimate of drug-likeness (QED) is 0.718. The highest BCUT2D eigenvalue weighted by atomic mass is 32.2. The van der Waals surface area contributed by atoms with Crippen molar-refractivity contribution in [2.75, 3.05) is 27.3 Å². The summed E-state index contributed by atoms with van der Waals surface area (Å²) < 4.78 is 38.0. The summed E-state index contributed by atoms with van der Waals surface area (Å²) in [5.74, 6) is 0.780. The predicted octanol–water partition coefficient (Wildman–Crippen LogP) is 3.04. The largest absolute Gasteiger partial charge is 0.497 e. The van der Waals surface area contributed by atoms with Gasteiger partial charge in [-0.25, -0.2) is 8.42 Å². The summed E-state index contributed by atoms with van der Waals surface area (Å²) >= 11 is 1.19. The SMILES string of the molecule is COc1ccc(OC)c([C@@H](C)NC(=O)[C@@H]2CCCN(S(=O)(=O)c3cccs3)C2)c1. The highest BCUT2D eigenvalue weighted by Gasteiger charge is 2.34. The number of ether oxygens (including phenoxy) is 2. The number of carbonyl (C=O) groups excluding carboxylic acids is 1. The molecule has 1 aromatic carbocycles. The molecule has 3 rings (SSSR count). The van der Waals surface area contributed by atoms with E-state index < -0.39 is 15.9 Å². The molecule has 0 saturated carbocycles. The van der Waals surface area contributed by atoms with Crippen molar-refractivity contribution in [3.05, 3.63) is 41.3 Å². The number of thiophene rings is 1. The van der Waals surface area contributed by atoms with Crippen molar-refractivity contribution < 1.29 is 22.7 Å². The van der Waals surface area contributed by atoms with Crippen molar-refractivity contribution in [2.45, 2.75) is 30.0 Å². The van der Waals surface area contributed by atoms with Crippen molar-refractivity contribution in [2.24, 2.45) is 5.92 Å². The topological polar surface area (TPSA) is 84.9 Å². The monoisotopic (exact) mass is 438 g/mol. The fourth-order valence-corrected chi connectivity index (χ4v) is 6.17. The lowest BCUT2D eigenvalue weighted by Gasteiger charge is -2.31. The van der Waals surface area contributed by atoms with Gasteiger partial charge in [-0.3, -0.25) is 4.79 Å². The maximum absolute atomic E-state index is 12.9. The maximum Gasteiger partial charge on any atom is 0.252 e. The molecule has 0 spiro atoms. The molecule has 1 aromatic heterocycles. The number of rotatable bonds is 7. The van der Waals surface area contributed by atoms with E-state index in [4.69, 9.17) is 9.47 Å². The average Bonchev–Trinajstić information content (AvgIpc) is 3.29. The van der Waals surface area contributed by atoms with E-state index in [0.717, 1.165) is 5.56 Å². The smallest absolute Gasteiger partial charge is 0.252 e. The van der Waals surface area contributed by atoms with Gasteiger partial charge in [-0.2, -0.15) is 4.31 Å². The van der Waals surface area contributed by atoms with Crippen LogP contribution in [0.25, 0.3) is 0 Å². The molecule has 1 aliphatic heterocycles. The van der Waals surface area contributed by atoms with E-state index in [1.165, 1.54) is 15.6 Å². The summed E-state index contributed by atoms with van der Waals surface area (Å²) in [6.45, 7) is 2.50. The van der Waals surface area contributed by atoms with E-state index in [1.54, 1.807) is 43.9 Å². The number of carbonyl (C=O) groups is 1. The Bertz CT molecular complexity index is 944. The van der Waals surface area contributed by atoms with E-state index >= 15 is 0 Å². The van der Waals surface area contributed by atoms with E-state index in [0.29, 0.717) is 35.1 Å². The first-order valence-electron chi connectivity index (χ1n) is 9.42. The van der Waals surface area contributed by atoms with Crippen LogP contribution < -0.4 is 14.8 Å². The Labute approximate surface area is 175 Å². The zero-order chi connectivity index (χ0) is 21.0. The van der Waals surface area contributed by atoms with Crippen LogP contribution in [0.1, 0.15) is 31.4 Å². The predicted molar refractivity (Wildman–Crippen MR) is 112 cm³/mol. The Hall–Kier alpha value is -2.10. The van der Waals surface area contributed by atoms with Crippen LogP contribution in [0.2, 0.25) is 0 Å². The molecule has 1 fully saturated rings. The Morgan fingerprint density at radius 2 is 2.07 bits per heavy atom. The number of hydrogen-bond donors (Lipinski definition) is 1. The second-order valence-corrected chi connectivity index (χ2v) is 10.1. The van der Waals surface area contributed by atoms with Crippen LogP contribution in [-0.2, 0) is 14.8 Å². The zero-order valence-electron chi connectivity index (χ0n) is 16.8. The molecule has 7 nitrogen and oxygen atoms in total. The van der Waals surface area contributed by atoms with Crippen LogP contribution >= 0.6 is 11.3 Å². The maximum atomic E-state index is 12.9. The van der Waals surface area contributed by atoms with Crippen molar-refractivity contribution in [1.29, 1.82) is 0 Å². The summed E-state index contributed by atoms with van der Waals surface area (Å²) in [5, 5.41) is 4.75. The molecular formula is C20H26N2O5S2. The van der Waals surface area contributed by atoms with Gasteiger partial charge in [-0.1, -0.05) is 6.07 Å². The van der Waals surface area contributed by atoms with Gasteiger partial charge >= 0.3 is 0 Å². The van der Waals surface area contributed by atoms with Crippen molar-refractivity contribution >= 4 is 27.3 Å². The standard InChI is InChI=1S/C20H26N2O5S2/c1-14(17-12-16(26-2)8-9-18(17)27-3)21-20(23)15-6-4-10-22(13-15)29(24,25)19-7-5-11-28-19/h5,7-9,11-12,14-15H,4,6,10,13H2,1-3H3,(H,21,23)/t14-,15-/m1/s1. The first-order valence-corrected chi connectivity index (χ1v) is 11.7. The van der Waals surface area contributed by atoms with Crippen LogP contribution in [0.3, 0.4) is 0 Å².